The Balaban J connectivity index is 0.000000569. The van der Waals surface area contributed by atoms with E-state index in [-0.39, 0.29) is 0 Å². The Morgan fingerprint density at radius 1 is 1.04 bits per heavy atom. The molecular weight excluding hydrogens is 383 g/mol. The molecule has 2 aromatic carbocycles. The number of hydrogen-bond acceptors (Lipinski definition) is 0. The average molecular weight is 411 g/mol. The summed E-state index contributed by atoms with van der Waals surface area (Å²) in [7, 11) is 9.78. The SMILES string of the molecule is CC1CCc2c[c-](CC[c-]3[cH-][c-]4[c-]([cH-]3)CC(C)CC4)cc2C1.[Cl][Ti][Cl]. The third-order valence-corrected chi connectivity index (χ3v) is 5.92. The Kier molecular flexibility index (Phi) is 7.32. The van der Waals surface area contributed by atoms with Crippen LogP contribution in [0.25, 0.3) is 0 Å². The number of hydrogen-bond donors (Lipinski definition) is 0. The van der Waals surface area contributed by atoms with Gasteiger partial charge in [0.05, 0.1) is 0 Å². The van der Waals surface area contributed by atoms with Gasteiger partial charge in [0.1, 0.15) is 0 Å². The van der Waals surface area contributed by atoms with Crippen LogP contribution in [0.5, 0.6) is 0 Å². The van der Waals surface area contributed by atoms with Crippen molar-refractivity contribution in [2.45, 2.75) is 65.2 Å². The Hall–Kier alpha value is -0.00571. The summed E-state index contributed by atoms with van der Waals surface area (Å²) in [4.78, 5) is 0. The molecule has 2 aromatic rings. The van der Waals surface area contributed by atoms with Crippen LogP contribution in [-0.4, -0.2) is 0 Å². The van der Waals surface area contributed by atoms with Crippen LogP contribution in [0.4, 0.5) is 0 Å². The van der Waals surface area contributed by atoms with Crippen LogP contribution in [0.1, 0.15) is 60.1 Å². The minimum atomic E-state index is -0.556. The van der Waals surface area contributed by atoms with Crippen LogP contribution < -0.4 is 0 Å². The molecule has 25 heavy (non-hydrogen) atoms. The molecule has 0 saturated heterocycles. The second-order valence-corrected chi connectivity index (χ2v) is 10.7. The van der Waals surface area contributed by atoms with E-state index in [4.69, 9.17) is 18.6 Å². The Morgan fingerprint density at radius 3 is 2.56 bits per heavy atom. The van der Waals surface area contributed by atoms with Crippen molar-refractivity contribution < 1.29 is 17.0 Å². The molecule has 0 radical (unpaired) electrons. The summed E-state index contributed by atoms with van der Waals surface area (Å²) in [6.45, 7) is 4.79. The van der Waals surface area contributed by atoms with Gasteiger partial charge in [0.25, 0.3) is 0 Å². The number of rotatable bonds is 3. The molecule has 0 amide bonds. The summed E-state index contributed by atoms with van der Waals surface area (Å²) in [5.74, 6) is 1.76. The third kappa shape index (κ3) is 5.26. The van der Waals surface area contributed by atoms with Crippen molar-refractivity contribution in [3.05, 3.63) is 57.6 Å². The zero-order chi connectivity index (χ0) is 17.8. The van der Waals surface area contributed by atoms with E-state index >= 15 is 0 Å². The molecule has 2 aliphatic rings. The van der Waals surface area contributed by atoms with Gasteiger partial charge in [-0.2, -0.15) is 28.8 Å². The first-order valence-electron chi connectivity index (χ1n) is 9.60. The van der Waals surface area contributed by atoms with Crippen molar-refractivity contribution >= 4 is 18.6 Å². The second-order valence-electron chi connectivity index (χ2n) is 8.10. The van der Waals surface area contributed by atoms with Crippen LogP contribution in [0, 0.1) is 11.8 Å². The monoisotopic (exact) mass is 410 g/mol. The molecule has 0 N–H and O–H groups in total. The van der Waals surface area contributed by atoms with Gasteiger partial charge in [-0.3, -0.25) is 0 Å². The molecule has 0 aliphatic heterocycles. The molecular formula is C22H28Cl2Ti-6. The first kappa shape index (κ1) is 19.7. The fourth-order valence-corrected chi connectivity index (χ4v) is 4.53. The van der Waals surface area contributed by atoms with Crippen molar-refractivity contribution in [2.24, 2.45) is 11.8 Å². The molecule has 2 unspecified atom stereocenters. The minimum absolute atomic E-state index is 0.556. The zero-order valence-corrected chi connectivity index (χ0v) is 18.5. The van der Waals surface area contributed by atoms with Crippen molar-refractivity contribution in [1.82, 2.24) is 0 Å². The maximum atomic E-state index is 4.89. The van der Waals surface area contributed by atoms with Gasteiger partial charge >= 0.3 is 35.6 Å². The van der Waals surface area contributed by atoms with Gasteiger partial charge in [-0.1, -0.05) is 51.4 Å². The van der Waals surface area contributed by atoms with E-state index in [1.54, 1.807) is 33.4 Å². The zero-order valence-electron chi connectivity index (χ0n) is 15.4. The normalized spacial score (nSPS) is 21.8. The van der Waals surface area contributed by atoms with E-state index in [1.807, 2.05) is 0 Å². The van der Waals surface area contributed by atoms with E-state index < -0.39 is 17.0 Å². The van der Waals surface area contributed by atoms with Crippen LogP contribution in [0.15, 0.2) is 24.3 Å². The fourth-order valence-electron chi connectivity index (χ4n) is 4.53. The molecule has 2 atom stereocenters. The molecule has 4 rings (SSSR count). The average Bonchev–Trinajstić information content (AvgIpc) is 3.15. The summed E-state index contributed by atoms with van der Waals surface area (Å²) in [6.07, 6.45) is 10.4. The van der Waals surface area contributed by atoms with Gasteiger partial charge < -0.3 is 28.8 Å². The molecule has 0 saturated carbocycles. The molecule has 0 fully saturated rings. The second kappa shape index (κ2) is 9.27. The van der Waals surface area contributed by atoms with E-state index in [0.29, 0.717) is 0 Å². The van der Waals surface area contributed by atoms with Crippen LogP contribution in [-0.2, 0) is 55.6 Å². The van der Waals surface area contributed by atoms with Gasteiger partial charge in [-0.15, -0.1) is 6.42 Å². The van der Waals surface area contributed by atoms with Crippen molar-refractivity contribution in [1.29, 1.82) is 0 Å². The van der Waals surface area contributed by atoms with Gasteiger partial charge in [-0.25, -0.2) is 19.3 Å². The van der Waals surface area contributed by atoms with Gasteiger partial charge in [0, 0.05) is 0 Å². The Labute approximate surface area is 169 Å². The molecule has 0 nitrogen and oxygen atoms in total. The van der Waals surface area contributed by atoms with E-state index in [2.05, 4.69) is 38.1 Å². The van der Waals surface area contributed by atoms with Crippen molar-refractivity contribution in [2.75, 3.05) is 0 Å². The van der Waals surface area contributed by atoms with Crippen LogP contribution in [0.2, 0.25) is 0 Å². The van der Waals surface area contributed by atoms with Crippen molar-refractivity contribution in [3.8, 4) is 0 Å². The first-order valence-corrected chi connectivity index (χ1v) is 13.9. The van der Waals surface area contributed by atoms with Gasteiger partial charge in [0.15, 0.2) is 0 Å². The van der Waals surface area contributed by atoms with Crippen LogP contribution in [0.3, 0.4) is 0 Å². The molecule has 0 heterocycles. The predicted octanol–water partition coefficient (Wildman–Crippen LogP) is 6.54. The third-order valence-electron chi connectivity index (χ3n) is 5.92. The predicted molar refractivity (Wildman–Crippen MR) is 106 cm³/mol. The summed E-state index contributed by atoms with van der Waals surface area (Å²) >= 11 is -0.556. The standard InChI is InChI=1S/C22H28.2ClH.Ti/c1-15-3-7-19-11-17(13-21(19)9-15)5-6-18-12-20-8-4-16(2)10-22(20)14-18;;;/h11-16H,3-10H2,1-2H3;2*1H;/q-6;;;+2/p-2. The summed E-state index contributed by atoms with van der Waals surface area (Å²) in [5.41, 5.74) is 9.72. The van der Waals surface area contributed by atoms with E-state index in [0.717, 1.165) is 11.8 Å². The number of aryl methyl sites for hydroxylation is 4. The number of fused-ring (bicyclic) bond motifs is 2. The molecule has 140 valence electrons. The van der Waals surface area contributed by atoms with Crippen molar-refractivity contribution in [3.63, 3.8) is 0 Å². The molecule has 3 heteroatoms. The number of halogens is 2. The first-order chi connectivity index (χ1) is 12.1. The fraction of sp³-hybridized carbons (Fsp3) is 0.545. The molecule has 0 aromatic heterocycles. The topological polar surface area (TPSA) is 0 Å². The Morgan fingerprint density at radius 2 is 1.76 bits per heavy atom. The van der Waals surface area contributed by atoms with Gasteiger partial charge in [-0.05, 0) is 0 Å². The molecule has 0 bridgehead atoms. The van der Waals surface area contributed by atoms with E-state index in [1.165, 1.54) is 51.4 Å². The Bertz CT molecular complexity index is 624. The maximum absolute atomic E-state index is 4.89. The van der Waals surface area contributed by atoms with Crippen LogP contribution >= 0.6 is 18.6 Å². The quantitative estimate of drug-likeness (QED) is 0.398. The molecule has 2 aliphatic carbocycles. The van der Waals surface area contributed by atoms with E-state index in [9.17, 15) is 0 Å². The summed E-state index contributed by atoms with van der Waals surface area (Å²) in [6, 6.07) is 9.98. The summed E-state index contributed by atoms with van der Waals surface area (Å²) < 4.78 is 0. The summed E-state index contributed by atoms with van der Waals surface area (Å²) in [5, 5.41) is 0. The molecule has 0 spiro atoms. The van der Waals surface area contributed by atoms with Gasteiger partial charge in [0.2, 0.25) is 0 Å².